The molecule has 0 spiro atoms. The van der Waals surface area contributed by atoms with Gasteiger partial charge in [-0.1, -0.05) is 0 Å². The van der Waals surface area contributed by atoms with Gasteiger partial charge in [0.2, 0.25) is 0 Å². The molecule has 1 N–H and O–H groups in total. The first-order valence-corrected chi connectivity index (χ1v) is 8.73. The lowest BCUT2D eigenvalue weighted by molar-refractivity contribution is 0.0696. The minimum Gasteiger partial charge on any atom is -0.478 e. The molecule has 0 bridgehead atoms. The number of carbonyl (C=O) groups is 1. The second-order valence-electron chi connectivity index (χ2n) is 5.71. The summed E-state index contributed by atoms with van der Waals surface area (Å²) in [5.41, 5.74) is 0.0911. The molecule has 21 heavy (non-hydrogen) atoms. The van der Waals surface area contributed by atoms with Crippen molar-refractivity contribution >= 4 is 15.8 Å². The Hall–Kier alpha value is -1.40. The van der Waals surface area contributed by atoms with Crippen molar-refractivity contribution in [3.05, 3.63) is 29.8 Å². The molecule has 5 nitrogen and oxygen atoms in total. The molecule has 0 heterocycles. The largest absolute Gasteiger partial charge is 0.478 e. The summed E-state index contributed by atoms with van der Waals surface area (Å²) >= 11 is 0. The molecule has 1 saturated carbocycles. The van der Waals surface area contributed by atoms with E-state index in [4.69, 9.17) is 5.11 Å². The predicted octanol–water partition coefficient (Wildman–Crippen LogP) is 1.89. The van der Waals surface area contributed by atoms with Crippen LogP contribution in [0.4, 0.5) is 0 Å². The average Bonchev–Trinajstić information content (AvgIpc) is 3.28. The van der Waals surface area contributed by atoms with Gasteiger partial charge in [-0.2, -0.15) is 0 Å². The van der Waals surface area contributed by atoms with Crippen molar-refractivity contribution in [1.29, 1.82) is 0 Å². The molecule has 1 unspecified atom stereocenters. The molecule has 1 aliphatic carbocycles. The minimum absolute atomic E-state index is 0.0486. The smallest absolute Gasteiger partial charge is 0.335 e. The lowest BCUT2D eigenvalue weighted by atomic mass is 10.2. The van der Waals surface area contributed by atoms with Crippen molar-refractivity contribution in [2.24, 2.45) is 5.92 Å². The number of carboxylic acid groups (broad SMARTS) is 1. The van der Waals surface area contributed by atoms with Crippen LogP contribution in [0.1, 0.15) is 30.1 Å². The summed E-state index contributed by atoms with van der Waals surface area (Å²) in [5, 5.41) is 8.82. The van der Waals surface area contributed by atoms with Gasteiger partial charge in [0.1, 0.15) is 0 Å². The van der Waals surface area contributed by atoms with E-state index in [1.807, 2.05) is 7.05 Å². The zero-order valence-electron chi connectivity index (χ0n) is 12.3. The Morgan fingerprint density at radius 2 is 1.90 bits per heavy atom. The van der Waals surface area contributed by atoms with Crippen molar-refractivity contribution in [3.63, 3.8) is 0 Å². The number of sulfone groups is 1. The van der Waals surface area contributed by atoms with Gasteiger partial charge in [0, 0.05) is 12.6 Å². The quantitative estimate of drug-likeness (QED) is 0.832. The van der Waals surface area contributed by atoms with Gasteiger partial charge in [0.25, 0.3) is 0 Å². The van der Waals surface area contributed by atoms with Gasteiger partial charge in [0.05, 0.1) is 16.2 Å². The molecule has 1 aromatic carbocycles. The summed E-state index contributed by atoms with van der Waals surface area (Å²) in [7, 11) is -1.42. The number of carboxylic acids is 1. The number of hydrogen-bond acceptors (Lipinski definition) is 4. The first kappa shape index (κ1) is 16.0. The molecule has 1 fully saturated rings. The molecular weight excluding hydrogens is 290 g/mol. The summed E-state index contributed by atoms with van der Waals surface area (Å²) in [4.78, 5) is 13.0. The number of benzene rings is 1. The van der Waals surface area contributed by atoms with Crippen LogP contribution < -0.4 is 0 Å². The Bertz CT molecular complexity index is 605. The number of rotatable bonds is 7. The monoisotopic (exact) mass is 311 g/mol. The Balaban J connectivity index is 1.99. The van der Waals surface area contributed by atoms with Crippen LogP contribution in [0.25, 0.3) is 0 Å². The van der Waals surface area contributed by atoms with Crippen LogP contribution in [0.15, 0.2) is 29.2 Å². The van der Waals surface area contributed by atoms with Crippen molar-refractivity contribution in [2.75, 3.05) is 19.3 Å². The summed E-state index contributed by atoms with van der Waals surface area (Å²) in [6.45, 7) is 2.62. The molecule has 1 atom stereocenters. The third-order valence-electron chi connectivity index (χ3n) is 4.17. The lowest BCUT2D eigenvalue weighted by Gasteiger charge is -2.24. The first-order valence-electron chi connectivity index (χ1n) is 7.07. The molecule has 1 aromatic rings. The number of hydrogen-bond donors (Lipinski definition) is 1. The van der Waals surface area contributed by atoms with Gasteiger partial charge in [-0.15, -0.1) is 0 Å². The highest BCUT2D eigenvalue weighted by molar-refractivity contribution is 7.91. The molecule has 116 valence electrons. The van der Waals surface area contributed by atoms with E-state index < -0.39 is 15.8 Å². The van der Waals surface area contributed by atoms with Gasteiger partial charge < -0.3 is 10.0 Å². The maximum atomic E-state index is 12.3. The zero-order valence-corrected chi connectivity index (χ0v) is 13.1. The summed E-state index contributed by atoms with van der Waals surface area (Å²) in [5.74, 6) is -0.308. The van der Waals surface area contributed by atoms with Crippen LogP contribution in [-0.4, -0.2) is 49.8 Å². The topological polar surface area (TPSA) is 74.7 Å². The SMILES string of the molecule is CC(C1CC1)N(C)CCS(=O)(=O)c1ccc(C(=O)O)cc1. The van der Waals surface area contributed by atoms with E-state index in [1.54, 1.807) is 0 Å². The van der Waals surface area contributed by atoms with Crippen molar-refractivity contribution < 1.29 is 18.3 Å². The van der Waals surface area contributed by atoms with Crippen LogP contribution in [0.3, 0.4) is 0 Å². The standard InChI is InChI=1S/C15H21NO4S/c1-11(12-3-4-12)16(2)9-10-21(19,20)14-7-5-13(6-8-14)15(17)18/h5-8,11-12H,3-4,9-10H2,1-2H3,(H,17,18). The van der Waals surface area contributed by atoms with Crippen molar-refractivity contribution in [1.82, 2.24) is 4.90 Å². The van der Waals surface area contributed by atoms with Crippen molar-refractivity contribution in [2.45, 2.75) is 30.7 Å². The van der Waals surface area contributed by atoms with Gasteiger partial charge >= 0.3 is 5.97 Å². The molecule has 0 aliphatic heterocycles. The fourth-order valence-corrected chi connectivity index (χ4v) is 3.64. The van der Waals surface area contributed by atoms with E-state index in [-0.39, 0.29) is 16.2 Å². The van der Waals surface area contributed by atoms with Gasteiger partial charge in [-0.3, -0.25) is 0 Å². The lowest BCUT2D eigenvalue weighted by Crippen LogP contribution is -2.34. The molecule has 0 saturated heterocycles. The van der Waals surface area contributed by atoms with Crippen LogP contribution in [0.2, 0.25) is 0 Å². The van der Waals surface area contributed by atoms with E-state index in [9.17, 15) is 13.2 Å². The van der Waals surface area contributed by atoms with Gasteiger partial charge in [-0.05, 0) is 57.0 Å². The third kappa shape index (κ3) is 4.04. The molecule has 1 aliphatic rings. The second-order valence-corrected chi connectivity index (χ2v) is 7.82. The molecule has 0 aromatic heterocycles. The Morgan fingerprint density at radius 3 is 2.38 bits per heavy atom. The minimum atomic E-state index is -3.37. The van der Waals surface area contributed by atoms with Crippen LogP contribution in [-0.2, 0) is 9.84 Å². The van der Waals surface area contributed by atoms with Gasteiger partial charge in [0.15, 0.2) is 9.84 Å². The van der Waals surface area contributed by atoms with Crippen LogP contribution >= 0.6 is 0 Å². The zero-order chi connectivity index (χ0) is 15.6. The Kier molecular flexibility index (Phi) is 4.68. The highest BCUT2D eigenvalue weighted by Gasteiger charge is 2.30. The number of aromatic carboxylic acids is 1. The van der Waals surface area contributed by atoms with Gasteiger partial charge in [-0.25, -0.2) is 13.2 Å². The van der Waals surface area contributed by atoms with E-state index in [0.29, 0.717) is 18.5 Å². The highest BCUT2D eigenvalue weighted by Crippen LogP contribution is 2.34. The van der Waals surface area contributed by atoms with Crippen LogP contribution in [0.5, 0.6) is 0 Å². The predicted molar refractivity (Wildman–Crippen MR) is 80.3 cm³/mol. The average molecular weight is 311 g/mol. The normalized spacial score (nSPS) is 16.9. The first-order chi connectivity index (χ1) is 9.81. The molecule has 2 rings (SSSR count). The summed E-state index contributed by atoms with van der Waals surface area (Å²) < 4.78 is 24.5. The molecule has 6 heteroatoms. The van der Waals surface area contributed by atoms with Crippen LogP contribution in [0, 0.1) is 5.92 Å². The fourth-order valence-electron chi connectivity index (χ4n) is 2.33. The third-order valence-corrected chi connectivity index (χ3v) is 5.88. The van der Waals surface area contributed by atoms with E-state index >= 15 is 0 Å². The van der Waals surface area contributed by atoms with Crippen molar-refractivity contribution in [3.8, 4) is 0 Å². The van der Waals surface area contributed by atoms with E-state index in [0.717, 1.165) is 0 Å². The maximum Gasteiger partial charge on any atom is 0.335 e. The second kappa shape index (κ2) is 6.15. The Morgan fingerprint density at radius 1 is 1.33 bits per heavy atom. The van der Waals surface area contributed by atoms with E-state index in [1.165, 1.54) is 37.1 Å². The Labute approximate surface area is 125 Å². The highest BCUT2D eigenvalue weighted by atomic mass is 32.2. The number of nitrogens with zero attached hydrogens (tertiary/aromatic N) is 1. The molecule has 0 amide bonds. The van der Waals surface area contributed by atoms with E-state index in [2.05, 4.69) is 11.8 Å². The summed E-state index contributed by atoms with van der Waals surface area (Å²) in [6, 6.07) is 5.79. The maximum absolute atomic E-state index is 12.3. The molecular formula is C15H21NO4S. The molecule has 0 radical (unpaired) electrons. The summed E-state index contributed by atoms with van der Waals surface area (Å²) in [6.07, 6.45) is 2.46. The fraction of sp³-hybridized carbons (Fsp3) is 0.533.